The molecule has 0 aliphatic heterocycles. The molecule has 1 fully saturated rings. The molecule has 0 saturated heterocycles. The summed E-state index contributed by atoms with van der Waals surface area (Å²) in [7, 11) is 0. The van der Waals surface area contributed by atoms with E-state index < -0.39 is 0 Å². The van der Waals surface area contributed by atoms with Crippen LogP contribution in [0.5, 0.6) is 0 Å². The van der Waals surface area contributed by atoms with Gasteiger partial charge in [0.2, 0.25) is 0 Å². The summed E-state index contributed by atoms with van der Waals surface area (Å²) in [6.45, 7) is 0. The van der Waals surface area contributed by atoms with E-state index in [2.05, 4.69) is 126 Å². The molecule has 1 spiro atoms. The number of hydrogen-bond acceptors (Lipinski definition) is 1. The first-order valence-corrected chi connectivity index (χ1v) is 14.2. The summed E-state index contributed by atoms with van der Waals surface area (Å²) < 4.78 is 2.28. The third kappa shape index (κ3) is 3.44. The Labute approximate surface area is 229 Å². The summed E-state index contributed by atoms with van der Waals surface area (Å²) in [6.07, 6.45) is 6.50. The first-order valence-electron chi connectivity index (χ1n) is 14.2. The molecule has 1 aromatic heterocycles. The van der Waals surface area contributed by atoms with Gasteiger partial charge in [0.1, 0.15) is 5.82 Å². The summed E-state index contributed by atoms with van der Waals surface area (Å²) >= 11 is 0. The van der Waals surface area contributed by atoms with Crippen LogP contribution in [0.15, 0.2) is 121 Å². The van der Waals surface area contributed by atoms with Crippen molar-refractivity contribution in [2.24, 2.45) is 0 Å². The quantitative estimate of drug-likeness (QED) is 0.236. The second kappa shape index (κ2) is 8.81. The summed E-state index contributed by atoms with van der Waals surface area (Å²) in [6, 6.07) is 44.2. The van der Waals surface area contributed by atoms with Crippen LogP contribution in [-0.4, -0.2) is 9.55 Å². The number of para-hydroxylation sites is 2. The highest BCUT2D eigenvalue weighted by atomic mass is 15.1. The second-order valence-corrected chi connectivity index (χ2v) is 11.1. The zero-order chi connectivity index (χ0) is 25.8. The van der Waals surface area contributed by atoms with Gasteiger partial charge in [-0.1, -0.05) is 110 Å². The summed E-state index contributed by atoms with van der Waals surface area (Å²) in [4.78, 5) is 5.01. The SMILES string of the molecule is c1ccc(-c2nc3ccccc3n2-c2ccc(-c3ccc4c(c3)C3(CCCCC3)c3ccccc3-4)cc2)cc1. The molecular weight excluding hydrogens is 472 g/mol. The number of rotatable bonds is 3. The Morgan fingerprint density at radius 2 is 1.23 bits per heavy atom. The standard InChI is InChI=1S/C37H30N2/c1-3-11-27(12-4-1)36-38-34-15-7-8-16-35(34)39(36)29-20-17-26(18-21-29)28-19-22-31-30-13-5-6-14-32(30)37(33(31)25-28)23-9-2-10-24-37/h1,3-8,11-22,25H,2,9-10,23-24H2. The normalized spacial score (nSPS) is 15.4. The van der Waals surface area contributed by atoms with E-state index in [4.69, 9.17) is 4.98 Å². The minimum absolute atomic E-state index is 0.181. The molecule has 0 amide bonds. The van der Waals surface area contributed by atoms with Gasteiger partial charge in [0, 0.05) is 16.7 Å². The van der Waals surface area contributed by atoms with Gasteiger partial charge in [-0.3, -0.25) is 4.57 Å². The van der Waals surface area contributed by atoms with Crippen molar-refractivity contribution in [3.63, 3.8) is 0 Å². The molecule has 39 heavy (non-hydrogen) atoms. The summed E-state index contributed by atoms with van der Waals surface area (Å²) in [5.41, 5.74) is 13.1. The van der Waals surface area contributed by atoms with E-state index in [1.54, 1.807) is 5.56 Å². The molecule has 2 aliphatic carbocycles. The van der Waals surface area contributed by atoms with Crippen molar-refractivity contribution >= 4 is 11.0 Å². The monoisotopic (exact) mass is 502 g/mol. The predicted molar refractivity (Wildman–Crippen MR) is 161 cm³/mol. The first-order chi connectivity index (χ1) is 19.3. The molecule has 1 heterocycles. The Morgan fingerprint density at radius 3 is 2.08 bits per heavy atom. The number of imidazole rings is 1. The Morgan fingerprint density at radius 1 is 0.538 bits per heavy atom. The Hall–Kier alpha value is -4.43. The van der Waals surface area contributed by atoms with Crippen molar-refractivity contribution in [1.82, 2.24) is 9.55 Å². The van der Waals surface area contributed by atoms with Crippen LogP contribution in [0.25, 0.3) is 50.4 Å². The van der Waals surface area contributed by atoms with Crippen molar-refractivity contribution in [3.05, 3.63) is 132 Å². The van der Waals surface area contributed by atoms with Crippen LogP contribution >= 0.6 is 0 Å². The van der Waals surface area contributed by atoms with E-state index in [0.29, 0.717) is 0 Å². The molecular formula is C37H30N2. The lowest BCUT2D eigenvalue weighted by Crippen LogP contribution is -2.28. The van der Waals surface area contributed by atoms with E-state index >= 15 is 0 Å². The number of nitrogens with zero attached hydrogens (tertiary/aromatic N) is 2. The minimum atomic E-state index is 0.181. The Bertz CT molecular complexity index is 1820. The topological polar surface area (TPSA) is 17.8 Å². The van der Waals surface area contributed by atoms with Gasteiger partial charge in [0.25, 0.3) is 0 Å². The third-order valence-corrected chi connectivity index (χ3v) is 9.03. The number of aromatic nitrogens is 2. The average Bonchev–Trinajstić information content (AvgIpc) is 3.52. The highest BCUT2D eigenvalue weighted by Gasteiger charge is 2.43. The lowest BCUT2D eigenvalue weighted by atomic mass is 9.67. The first kappa shape index (κ1) is 22.5. The maximum absolute atomic E-state index is 5.01. The van der Waals surface area contributed by atoms with Gasteiger partial charge in [-0.15, -0.1) is 0 Å². The van der Waals surface area contributed by atoms with Gasteiger partial charge < -0.3 is 0 Å². The highest BCUT2D eigenvalue weighted by molar-refractivity contribution is 5.85. The van der Waals surface area contributed by atoms with E-state index in [1.807, 2.05) is 0 Å². The van der Waals surface area contributed by atoms with Crippen LogP contribution in [0.3, 0.4) is 0 Å². The number of hydrogen-bond donors (Lipinski definition) is 0. The van der Waals surface area contributed by atoms with Crippen LogP contribution < -0.4 is 0 Å². The fraction of sp³-hybridized carbons (Fsp3) is 0.162. The summed E-state index contributed by atoms with van der Waals surface area (Å²) in [5, 5.41) is 0. The fourth-order valence-corrected chi connectivity index (χ4v) is 7.20. The molecule has 0 bridgehead atoms. The number of fused-ring (bicyclic) bond motifs is 6. The molecule has 0 radical (unpaired) electrons. The van der Waals surface area contributed by atoms with Gasteiger partial charge in [0.05, 0.1) is 11.0 Å². The zero-order valence-electron chi connectivity index (χ0n) is 22.0. The van der Waals surface area contributed by atoms with E-state index in [-0.39, 0.29) is 5.41 Å². The van der Waals surface area contributed by atoms with Crippen LogP contribution in [-0.2, 0) is 5.41 Å². The maximum atomic E-state index is 5.01. The molecule has 1 saturated carbocycles. The second-order valence-electron chi connectivity index (χ2n) is 11.1. The van der Waals surface area contributed by atoms with Crippen LogP contribution in [0.1, 0.15) is 43.2 Å². The fourth-order valence-electron chi connectivity index (χ4n) is 7.20. The molecule has 2 heteroatoms. The van der Waals surface area contributed by atoms with E-state index in [9.17, 15) is 0 Å². The van der Waals surface area contributed by atoms with Crippen molar-refractivity contribution in [2.75, 3.05) is 0 Å². The maximum Gasteiger partial charge on any atom is 0.145 e. The third-order valence-electron chi connectivity index (χ3n) is 9.03. The number of benzene rings is 5. The average molecular weight is 503 g/mol. The largest absolute Gasteiger partial charge is 0.292 e. The Balaban J connectivity index is 1.22. The van der Waals surface area contributed by atoms with E-state index in [1.165, 1.54) is 59.9 Å². The molecule has 2 nitrogen and oxygen atoms in total. The van der Waals surface area contributed by atoms with Gasteiger partial charge in [-0.25, -0.2) is 4.98 Å². The van der Waals surface area contributed by atoms with Crippen molar-refractivity contribution < 1.29 is 0 Å². The highest BCUT2D eigenvalue weighted by Crippen LogP contribution is 2.56. The smallest absolute Gasteiger partial charge is 0.145 e. The molecule has 0 unspecified atom stereocenters. The minimum Gasteiger partial charge on any atom is -0.292 e. The van der Waals surface area contributed by atoms with Crippen molar-refractivity contribution in [1.29, 1.82) is 0 Å². The van der Waals surface area contributed by atoms with Crippen molar-refractivity contribution in [3.8, 4) is 39.3 Å². The van der Waals surface area contributed by atoms with Crippen LogP contribution in [0.2, 0.25) is 0 Å². The van der Waals surface area contributed by atoms with Crippen LogP contribution in [0.4, 0.5) is 0 Å². The molecule has 0 atom stereocenters. The van der Waals surface area contributed by atoms with Gasteiger partial charge >= 0.3 is 0 Å². The molecule has 8 rings (SSSR count). The lowest BCUT2D eigenvalue weighted by Gasteiger charge is -2.36. The summed E-state index contributed by atoms with van der Waals surface area (Å²) in [5.74, 6) is 0.971. The molecule has 6 aromatic rings. The van der Waals surface area contributed by atoms with Crippen molar-refractivity contribution in [2.45, 2.75) is 37.5 Å². The predicted octanol–water partition coefficient (Wildman–Crippen LogP) is 9.59. The molecule has 2 aliphatic rings. The van der Waals surface area contributed by atoms with Gasteiger partial charge in [0.15, 0.2) is 0 Å². The van der Waals surface area contributed by atoms with Gasteiger partial charge in [-0.2, -0.15) is 0 Å². The van der Waals surface area contributed by atoms with Crippen LogP contribution in [0, 0.1) is 0 Å². The molecule has 188 valence electrons. The zero-order valence-corrected chi connectivity index (χ0v) is 22.0. The Kier molecular flexibility index (Phi) is 5.09. The lowest BCUT2D eigenvalue weighted by molar-refractivity contribution is 0.353. The van der Waals surface area contributed by atoms with E-state index in [0.717, 1.165) is 28.1 Å². The van der Waals surface area contributed by atoms with Gasteiger partial charge in [-0.05, 0) is 76.6 Å². The molecule has 5 aromatic carbocycles. The molecule has 0 N–H and O–H groups in total.